The van der Waals surface area contributed by atoms with E-state index in [1.54, 1.807) is 13.1 Å². The fraction of sp³-hybridized carbons (Fsp3) is 0.333. The lowest BCUT2D eigenvalue weighted by molar-refractivity contribution is 1.27. The Kier molecular flexibility index (Phi) is 4.45. The van der Waals surface area contributed by atoms with Crippen LogP contribution in [0.15, 0.2) is 10.2 Å². The monoisotopic (exact) mass is 101 g/mol. The fourth-order valence-electron chi connectivity index (χ4n) is 0.0836. The number of rotatable bonds is 1. The molecule has 0 unspecified atom stereocenters. The third-order valence-electron chi connectivity index (χ3n) is 0.218. The van der Waals surface area contributed by atoms with Gasteiger partial charge >= 0.3 is 0 Å². The van der Waals surface area contributed by atoms with Crippen LogP contribution in [0, 0.1) is 0 Å². The first-order valence-electron chi connectivity index (χ1n) is 1.48. The molecule has 0 fully saturated rings. The van der Waals surface area contributed by atoms with Crippen molar-refractivity contribution >= 4 is 24.4 Å². The van der Waals surface area contributed by atoms with Gasteiger partial charge in [0.2, 0.25) is 0 Å². The van der Waals surface area contributed by atoms with Gasteiger partial charge in [0.25, 0.3) is 0 Å². The second-order valence-electron chi connectivity index (χ2n) is 0.574. The second kappa shape index (κ2) is 4.69. The predicted molar refractivity (Wildman–Crippen MR) is 30.6 cm³/mol. The van der Waals surface area contributed by atoms with Crippen molar-refractivity contribution in [2.45, 2.75) is 6.92 Å². The number of thiol groups is 1. The summed E-state index contributed by atoms with van der Waals surface area (Å²) in [5, 5.41) is 6.68. The fourth-order valence-corrected chi connectivity index (χ4v) is 0.135. The summed E-state index contributed by atoms with van der Waals surface area (Å²) in [6.07, 6.45) is 1.56. The van der Waals surface area contributed by atoms with Crippen LogP contribution >= 0.6 is 12.6 Å². The molecule has 6 heavy (non-hydrogen) atoms. The average Bonchev–Trinajstić information content (AvgIpc) is 1.61. The zero-order chi connectivity index (χ0) is 4.83. The normalized spacial score (nSPS) is 11.7. The molecule has 0 aromatic rings. The Morgan fingerprint density at radius 3 is 2.67 bits per heavy atom. The van der Waals surface area contributed by atoms with E-state index >= 15 is 0 Å². The van der Waals surface area contributed by atoms with E-state index in [1.165, 1.54) is 0 Å². The summed E-state index contributed by atoms with van der Waals surface area (Å²) in [5.41, 5.74) is 2.19. The van der Waals surface area contributed by atoms with Gasteiger partial charge in [-0.1, -0.05) is 0 Å². The maximum absolute atomic E-state index is 3.52. The summed E-state index contributed by atoms with van der Waals surface area (Å²) in [4.78, 5) is 0. The van der Waals surface area contributed by atoms with Crippen molar-refractivity contribution < 1.29 is 0 Å². The van der Waals surface area contributed by atoms with Gasteiger partial charge in [-0.25, -0.2) is 5.10 Å². The first kappa shape index (κ1) is 5.69. The molecule has 0 heterocycles. The van der Waals surface area contributed by atoms with Crippen molar-refractivity contribution in [2.75, 3.05) is 0 Å². The maximum Gasteiger partial charge on any atom is 0.0205 e. The van der Waals surface area contributed by atoms with E-state index in [0.29, 0.717) is 0 Å². The smallest absolute Gasteiger partial charge is 0.0205 e. The molecule has 3 heteroatoms. The van der Waals surface area contributed by atoms with Crippen molar-refractivity contribution in [2.24, 2.45) is 10.2 Å². The molecule has 0 N–H and O–H groups in total. The van der Waals surface area contributed by atoms with Crippen molar-refractivity contribution in [3.63, 3.8) is 0 Å². The highest BCUT2D eigenvalue weighted by atomic mass is 32.1. The van der Waals surface area contributed by atoms with Crippen LogP contribution in [-0.4, -0.2) is 11.8 Å². The molecule has 2 nitrogen and oxygen atoms in total. The molecule has 0 radical (unpaired) electrons. The van der Waals surface area contributed by atoms with Gasteiger partial charge in [-0.15, -0.1) is 0 Å². The molecule has 0 atom stereocenters. The number of nitrogens with zero attached hydrogens (tertiary/aromatic N) is 2. The van der Waals surface area contributed by atoms with Crippen LogP contribution in [-0.2, 0) is 0 Å². The number of hydrogen-bond acceptors (Lipinski definition) is 2. The maximum atomic E-state index is 3.52. The lowest BCUT2D eigenvalue weighted by Gasteiger charge is -1.81. The topological polar surface area (TPSA) is 24.7 Å². The van der Waals surface area contributed by atoms with E-state index in [2.05, 4.69) is 28.4 Å². The molecule has 0 aliphatic carbocycles. The van der Waals surface area contributed by atoms with Crippen LogP contribution < -0.4 is 0 Å². The van der Waals surface area contributed by atoms with Crippen LogP contribution in [0.4, 0.5) is 0 Å². The van der Waals surface area contributed by atoms with Crippen LogP contribution in [0.25, 0.3) is 0 Å². The molecule has 0 bridgehead atoms. The minimum Gasteiger partial charge on any atom is -0.366 e. The minimum absolute atomic E-state index is 1.56. The van der Waals surface area contributed by atoms with Gasteiger partial charge in [0, 0.05) is 6.21 Å². The zero-order valence-corrected chi connectivity index (χ0v) is 4.31. The van der Waals surface area contributed by atoms with Crippen LogP contribution in [0.5, 0.6) is 0 Å². The van der Waals surface area contributed by atoms with E-state index in [0.717, 1.165) is 0 Å². The van der Waals surface area contributed by atoms with E-state index in [1.807, 2.05) is 0 Å². The average molecular weight is 101 g/mol. The van der Waals surface area contributed by atoms with Crippen molar-refractivity contribution in [1.29, 1.82) is 0 Å². The molecular formula is C3H5N2S-. The Morgan fingerprint density at radius 1 is 1.83 bits per heavy atom. The molecular weight excluding hydrogens is 96.1 g/mol. The summed E-state index contributed by atoms with van der Waals surface area (Å²) >= 11 is 3.52. The first-order chi connectivity index (χ1) is 2.91. The van der Waals surface area contributed by atoms with Gasteiger partial charge in [-0.3, -0.25) is 0 Å². The highest BCUT2D eigenvalue weighted by Crippen LogP contribution is 1.65. The minimum atomic E-state index is 1.56. The van der Waals surface area contributed by atoms with Gasteiger partial charge in [0.1, 0.15) is 0 Å². The summed E-state index contributed by atoms with van der Waals surface area (Å²) in [5.74, 6) is 0. The zero-order valence-electron chi connectivity index (χ0n) is 3.42. The van der Waals surface area contributed by atoms with E-state index in [9.17, 15) is 0 Å². The summed E-state index contributed by atoms with van der Waals surface area (Å²) in [6, 6.07) is 0. The quantitative estimate of drug-likeness (QED) is 0.166. The molecule has 0 aliphatic heterocycles. The SMILES string of the molecule is CC=NN=[C-]S. The summed E-state index contributed by atoms with van der Waals surface area (Å²) in [6.45, 7) is 1.77. The first-order valence-corrected chi connectivity index (χ1v) is 1.93. The van der Waals surface area contributed by atoms with E-state index < -0.39 is 0 Å². The Hall–Kier alpha value is -0.310. The third kappa shape index (κ3) is 3.69. The lowest BCUT2D eigenvalue weighted by atomic mass is 10.9. The summed E-state index contributed by atoms with van der Waals surface area (Å²) in [7, 11) is 0. The highest BCUT2D eigenvalue weighted by Gasteiger charge is 1.37. The van der Waals surface area contributed by atoms with Crippen LogP contribution in [0.3, 0.4) is 0 Å². The molecule has 0 aliphatic rings. The molecule has 0 aromatic carbocycles. The van der Waals surface area contributed by atoms with Crippen molar-refractivity contribution in [1.82, 2.24) is 0 Å². The predicted octanol–water partition coefficient (Wildman–Crippen LogP) is 0.827. The van der Waals surface area contributed by atoms with Gasteiger partial charge in [-0.2, -0.15) is 0 Å². The van der Waals surface area contributed by atoms with Crippen molar-refractivity contribution in [3.8, 4) is 0 Å². The van der Waals surface area contributed by atoms with E-state index in [-0.39, 0.29) is 0 Å². The Balaban J connectivity index is 3.07. The molecule has 34 valence electrons. The second-order valence-corrected chi connectivity index (χ2v) is 0.774. The standard InChI is InChI=1S/C3H5N2S/c1-2-4-5-3-6/h2H,1H3,(H,5,6)/q-1. The molecule has 0 saturated carbocycles. The molecule has 0 amide bonds. The summed E-state index contributed by atoms with van der Waals surface area (Å²) < 4.78 is 0. The van der Waals surface area contributed by atoms with Crippen LogP contribution in [0.2, 0.25) is 0 Å². The Labute approximate surface area is 42.4 Å². The highest BCUT2D eigenvalue weighted by molar-refractivity contribution is 7.94. The van der Waals surface area contributed by atoms with Gasteiger partial charge in [-0.05, 0) is 6.92 Å². The third-order valence-corrected chi connectivity index (χ3v) is 0.307. The molecule has 0 spiro atoms. The molecule has 0 aromatic heterocycles. The Morgan fingerprint density at radius 2 is 2.50 bits per heavy atom. The molecule has 0 saturated heterocycles. The van der Waals surface area contributed by atoms with Crippen LogP contribution in [0.1, 0.15) is 6.92 Å². The Bertz CT molecular complexity index is 57.2. The van der Waals surface area contributed by atoms with Crippen molar-refractivity contribution in [3.05, 3.63) is 0 Å². The lowest BCUT2D eigenvalue weighted by Crippen LogP contribution is -1.52. The largest absolute Gasteiger partial charge is 0.366 e. The van der Waals surface area contributed by atoms with Gasteiger partial charge in [0.05, 0.1) is 0 Å². The van der Waals surface area contributed by atoms with E-state index in [4.69, 9.17) is 0 Å². The van der Waals surface area contributed by atoms with Gasteiger partial charge in [0.15, 0.2) is 0 Å². The number of hydrogen-bond donors (Lipinski definition) is 1. The van der Waals surface area contributed by atoms with Gasteiger partial charge < -0.3 is 23.3 Å². The molecule has 0 rings (SSSR count).